The minimum Gasteiger partial charge on any atom is -0.456 e. The van der Waals surface area contributed by atoms with Crippen LogP contribution in [0.4, 0.5) is 0 Å². The summed E-state index contributed by atoms with van der Waals surface area (Å²) in [6.07, 6.45) is 3.08. The SMILES string of the molecule is CC1C/C=C(\c2cc3oc4ccccc4c3cc2-n2c3ccccc3c3cc4ccccc4cc32)N=C(c2ccccc2)N=C1c1ccc2c(c1)sc1ccccc12. The van der Waals surface area contributed by atoms with Crippen molar-refractivity contribution in [1.29, 1.82) is 0 Å². The molecule has 0 spiro atoms. The van der Waals surface area contributed by atoms with Gasteiger partial charge in [0.2, 0.25) is 0 Å². The van der Waals surface area contributed by atoms with E-state index < -0.39 is 0 Å². The number of aliphatic imine (C=N–C) groups is 2. The average Bonchev–Trinajstić information content (AvgIpc) is 3.93. The normalized spacial score (nSPS) is 15.9. The van der Waals surface area contributed by atoms with Crippen molar-refractivity contribution in [1.82, 2.24) is 4.57 Å². The van der Waals surface area contributed by atoms with E-state index in [-0.39, 0.29) is 5.92 Å². The molecule has 274 valence electrons. The Morgan fingerprint density at radius 3 is 2.14 bits per heavy atom. The van der Waals surface area contributed by atoms with Gasteiger partial charge in [-0.25, -0.2) is 9.98 Å². The fourth-order valence-electron chi connectivity index (χ4n) is 8.99. The number of thiophene rings is 1. The van der Waals surface area contributed by atoms with Gasteiger partial charge in [-0.1, -0.05) is 134 Å². The third-order valence-corrected chi connectivity index (χ3v) is 13.0. The molecule has 0 bridgehead atoms. The topological polar surface area (TPSA) is 42.8 Å². The van der Waals surface area contributed by atoms with Gasteiger partial charge in [0, 0.05) is 58.8 Å². The number of amidine groups is 1. The predicted octanol–water partition coefficient (Wildman–Crippen LogP) is 14.5. The van der Waals surface area contributed by atoms with E-state index in [4.69, 9.17) is 14.4 Å². The van der Waals surface area contributed by atoms with Gasteiger partial charge < -0.3 is 8.98 Å². The lowest BCUT2D eigenvalue weighted by atomic mass is 9.92. The first-order valence-corrected chi connectivity index (χ1v) is 20.7. The number of allylic oxidation sites excluding steroid dienone is 1. The number of para-hydroxylation sites is 2. The van der Waals surface area contributed by atoms with Crippen molar-refractivity contribution in [3.05, 3.63) is 193 Å². The van der Waals surface area contributed by atoms with E-state index in [1.54, 1.807) is 0 Å². The summed E-state index contributed by atoms with van der Waals surface area (Å²) in [5.41, 5.74) is 10.1. The van der Waals surface area contributed by atoms with Crippen molar-refractivity contribution in [2.24, 2.45) is 15.9 Å². The number of hydrogen-bond donors (Lipinski definition) is 0. The number of furan rings is 1. The lowest BCUT2D eigenvalue weighted by molar-refractivity contribution is 0.668. The van der Waals surface area contributed by atoms with Gasteiger partial charge in [-0.05, 0) is 71.3 Å². The maximum absolute atomic E-state index is 6.60. The number of rotatable bonds is 4. The van der Waals surface area contributed by atoms with Crippen molar-refractivity contribution >= 4 is 103 Å². The van der Waals surface area contributed by atoms with E-state index in [9.17, 15) is 0 Å². The third-order valence-electron chi connectivity index (χ3n) is 11.8. The van der Waals surface area contributed by atoms with Crippen LogP contribution in [0.1, 0.15) is 30.0 Å². The van der Waals surface area contributed by atoms with Crippen LogP contribution >= 0.6 is 11.3 Å². The number of nitrogens with zero attached hydrogens (tertiary/aromatic N) is 3. The first kappa shape index (κ1) is 33.1. The van der Waals surface area contributed by atoms with E-state index in [0.29, 0.717) is 5.84 Å². The summed E-state index contributed by atoms with van der Waals surface area (Å²) >= 11 is 1.84. The molecule has 1 atom stereocenters. The molecule has 0 aliphatic carbocycles. The van der Waals surface area contributed by atoms with Gasteiger partial charge in [0.1, 0.15) is 11.2 Å². The van der Waals surface area contributed by atoms with Crippen LogP contribution in [0.25, 0.3) is 86.1 Å². The first-order valence-electron chi connectivity index (χ1n) is 19.9. The zero-order valence-electron chi connectivity index (χ0n) is 31.7. The first-order chi connectivity index (χ1) is 28.6. The summed E-state index contributed by atoms with van der Waals surface area (Å²) in [7, 11) is 0. The minimum absolute atomic E-state index is 0.119. The molecule has 0 saturated carbocycles. The van der Waals surface area contributed by atoms with Crippen molar-refractivity contribution in [3.8, 4) is 5.69 Å². The maximum atomic E-state index is 6.60. The molecular formula is C53H35N3OS. The molecular weight excluding hydrogens is 727 g/mol. The number of fused-ring (bicyclic) bond motifs is 10. The maximum Gasteiger partial charge on any atom is 0.160 e. The van der Waals surface area contributed by atoms with Crippen LogP contribution < -0.4 is 0 Å². The van der Waals surface area contributed by atoms with Crippen molar-refractivity contribution in [2.45, 2.75) is 13.3 Å². The number of aromatic nitrogens is 1. The van der Waals surface area contributed by atoms with Gasteiger partial charge in [0.25, 0.3) is 0 Å². The number of benzene rings is 8. The second-order valence-electron chi connectivity index (χ2n) is 15.4. The predicted molar refractivity (Wildman–Crippen MR) is 246 cm³/mol. The Morgan fingerprint density at radius 1 is 0.534 bits per heavy atom. The smallest absolute Gasteiger partial charge is 0.160 e. The molecule has 12 rings (SSSR count). The lowest BCUT2D eigenvalue weighted by Crippen LogP contribution is -2.17. The zero-order valence-corrected chi connectivity index (χ0v) is 32.5. The van der Waals surface area contributed by atoms with Gasteiger partial charge in [0.05, 0.1) is 28.1 Å². The Labute approximate surface area is 338 Å². The van der Waals surface area contributed by atoms with Crippen LogP contribution in [0, 0.1) is 5.92 Å². The highest BCUT2D eigenvalue weighted by atomic mass is 32.1. The van der Waals surface area contributed by atoms with Gasteiger partial charge in [-0.15, -0.1) is 11.3 Å². The molecule has 4 heterocycles. The average molecular weight is 762 g/mol. The minimum atomic E-state index is 0.119. The molecule has 0 fully saturated rings. The molecule has 8 aromatic carbocycles. The summed E-state index contributed by atoms with van der Waals surface area (Å²) in [6.45, 7) is 2.29. The van der Waals surface area contributed by atoms with Crippen LogP contribution in [0.3, 0.4) is 0 Å². The fraction of sp³-hybridized carbons (Fsp3) is 0.0566. The van der Waals surface area contributed by atoms with Crippen molar-refractivity contribution < 1.29 is 4.42 Å². The van der Waals surface area contributed by atoms with Crippen LogP contribution in [0.15, 0.2) is 190 Å². The second kappa shape index (κ2) is 13.0. The molecule has 0 amide bonds. The zero-order chi connectivity index (χ0) is 38.3. The van der Waals surface area contributed by atoms with Gasteiger partial charge in [0.15, 0.2) is 5.84 Å². The van der Waals surface area contributed by atoms with Gasteiger partial charge >= 0.3 is 0 Å². The Balaban J connectivity index is 1.12. The highest BCUT2D eigenvalue weighted by Crippen LogP contribution is 2.42. The number of hydrogen-bond acceptors (Lipinski definition) is 4. The van der Waals surface area contributed by atoms with Crippen LogP contribution in [-0.4, -0.2) is 16.1 Å². The largest absolute Gasteiger partial charge is 0.456 e. The summed E-state index contributed by atoms with van der Waals surface area (Å²) < 4.78 is 11.6. The quantitative estimate of drug-likeness (QED) is 0.176. The van der Waals surface area contributed by atoms with Crippen molar-refractivity contribution in [3.63, 3.8) is 0 Å². The second-order valence-corrected chi connectivity index (χ2v) is 16.5. The standard InChI is InChI=1S/C53H35N3OS/c1-32-23-26-44(54-53(33-13-3-2-4-14-33)55-52(32)36-24-25-40-39-19-9-12-22-50(39)58-51(40)29-36)43-31-49-42(38-18-8-11-21-48(38)57-49)30-47(43)56-45-20-10-7-17-37(45)41-27-34-15-5-6-16-35(34)28-46(41)56/h2-22,24-32H,23H2,1H3/b44-26+,54-53?,55-52?. The molecule has 11 aromatic rings. The molecule has 1 unspecified atom stereocenters. The van der Waals surface area contributed by atoms with E-state index >= 15 is 0 Å². The summed E-state index contributed by atoms with van der Waals surface area (Å²) in [4.78, 5) is 11.1. The molecule has 58 heavy (non-hydrogen) atoms. The highest BCUT2D eigenvalue weighted by Gasteiger charge is 2.24. The van der Waals surface area contributed by atoms with E-state index in [2.05, 4.69) is 175 Å². The monoisotopic (exact) mass is 761 g/mol. The molecule has 4 nitrogen and oxygen atoms in total. The molecule has 5 heteroatoms. The van der Waals surface area contributed by atoms with Gasteiger partial charge in [-0.2, -0.15) is 0 Å². The Hall–Kier alpha value is -7.08. The molecule has 0 saturated heterocycles. The van der Waals surface area contributed by atoms with Crippen LogP contribution in [0.2, 0.25) is 0 Å². The summed E-state index contributed by atoms with van der Waals surface area (Å²) in [5.74, 6) is 0.808. The van der Waals surface area contributed by atoms with Crippen LogP contribution in [-0.2, 0) is 0 Å². The third kappa shape index (κ3) is 5.20. The molecule has 0 N–H and O–H groups in total. The Morgan fingerprint density at radius 2 is 1.26 bits per heavy atom. The van der Waals surface area contributed by atoms with Gasteiger partial charge in [-0.3, -0.25) is 0 Å². The molecule has 0 radical (unpaired) electrons. The van der Waals surface area contributed by atoms with Crippen molar-refractivity contribution in [2.75, 3.05) is 0 Å². The van der Waals surface area contributed by atoms with E-state index in [0.717, 1.165) is 73.2 Å². The molecule has 1 aliphatic rings. The summed E-state index contributed by atoms with van der Waals surface area (Å²) in [6, 6.07) is 60.8. The fourth-order valence-corrected chi connectivity index (χ4v) is 10.1. The van der Waals surface area contributed by atoms with Crippen LogP contribution in [0.5, 0.6) is 0 Å². The highest BCUT2D eigenvalue weighted by molar-refractivity contribution is 7.25. The Kier molecular flexibility index (Phi) is 7.41. The molecule has 1 aliphatic heterocycles. The Bertz CT molecular complexity index is 3560. The molecule has 3 aromatic heterocycles. The van der Waals surface area contributed by atoms with E-state index in [1.807, 2.05) is 23.5 Å². The van der Waals surface area contributed by atoms with E-state index in [1.165, 1.54) is 41.7 Å². The lowest BCUT2D eigenvalue weighted by Gasteiger charge is -2.20. The summed E-state index contributed by atoms with van der Waals surface area (Å²) in [5, 5.41) is 9.61.